The Balaban J connectivity index is 1.35. The zero-order valence-corrected chi connectivity index (χ0v) is 16.3. The smallest absolute Gasteiger partial charge is 0.258 e. The molecule has 0 spiro atoms. The van der Waals surface area contributed by atoms with Crippen LogP contribution in [0.25, 0.3) is 17.5 Å². The minimum Gasteiger partial charge on any atom is -0.497 e. The summed E-state index contributed by atoms with van der Waals surface area (Å²) >= 11 is 0. The van der Waals surface area contributed by atoms with Crippen LogP contribution < -0.4 is 4.74 Å². The van der Waals surface area contributed by atoms with Gasteiger partial charge in [-0.3, -0.25) is 4.79 Å². The number of amides is 1. The van der Waals surface area contributed by atoms with Crippen molar-refractivity contribution in [3.63, 3.8) is 0 Å². The molecular formula is C23H23N3O3. The second-order valence-corrected chi connectivity index (χ2v) is 7.03. The number of benzene rings is 2. The van der Waals surface area contributed by atoms with Gasteiger partial charge in [0, 0.05) is 30.6 Å². The number of hydrogen-bond acceptors (Lipinski definition) is 5. The Morgan fingerprint density at radius 2 is 1.93 bits per heavy atom. The van der Waals surface area contributed by atoms with Crippen LogP contribution in [0.15, 0.2) is 65.2 Å². The van der Waals surface area contributed by atoms with Gasteiger partial charge in [-0.1, -0.05) is 41.6 Å². The summed E-state index contributed by atoms with van der Waals surface area (Å²) in [5.41, 5.74) is 1.86. The minimum atomic E-state index is 0.0393. The zero-order chi connectivity index (χ0) is 20.1. The zero-order valence-electron chi connectivity index (χ0n) is 16.3. The van der Waals surface area contributed by atoms with Crippen LogP contribution in [0, 0.1) is 0 Å². The number of aromatic nitrogens is 2. The molecule has 2 aromatic carbocycles. The lowest BCUT2D eigenvalue weighted by molar-refractivity contribution is -0.127. The highest BCUT2D eigenvalue weighted by molar-refractivity contribution is 5.91. The van der Waals surface area contributed by atoms with Gasteiger partial charge in [-0.2, -0.15) is 4.98 Å². The third kappa shape index (κ3) is 4.54. The number of carbonyl (C=O) groups excluding carboxylic acids is 1. The minimum absolute atomic E-state index is 0.0393. The van der Waals surface area contributed by atoms with Gasteiger partial charge in [0.15, 0.2) is 5.82 Å². The Bertz CT molecular complexity index is 989. The summed E-state index contributed by atoms with van der Waals surface area (Å²) < 4.78 is 10.7. The maximum atomic E-state index is 12.4. The second-order valence-electron chi connectivity index (χ2n) is 7.03. The van der Waals surface area contributed by atoms with Crippen LogP contribution in [-0.4, -0.2) is 41.1 Å². The van der Waals surface area contributed by atoms with Crippen molar-refractivity contribution in [3.05, 3.63) is 72.1 Å². The molecule has 0 aliphatic carbocycles. The highest BCUT2D eigenvalue weighted by Crippen LogP contribution is 2.29. The van der Waals surface area contributed by atoms with Gasteiger partial charge in [0.1, 0.15) is 5.75 Å². The first kappa shape index (κ1) is 18.9. The molecule has 6 heteroatoms. The van der Waals surface area contributed by atoms with Gasteiger partial charge in [0.2, 0.25) is 5.91 Å². The molecule has 3 aromatic rings. The van der Waals surface area contributed by atoms with Crippen LogP contribution in [0.2, 0.25) is 0 Å². The molecule has 1 aromatic heterocycles. The first-order valence-corrected chi connectivity index (χ1v) is 9.73. The van der Waals surface area contributed by atoms with Gasteiger partial charge >= 0.3 is 0 Å². The van der Waals surface area contributed by atoms with Gasteiger partial charge in [-0.15, -0.1) is 0 Å². The van der Waals surface area contributed by atoms with Crippen LogP contribution in [0.3, 0.4) is 0 Å². The van der Waals surface area contributed by atoms with Crippen LogP contribution in [0.5, 0.6) is 5.75 Å². The molecule has 2 heterocycles. The number of hydrogen-bond donors (Lipinski definition) is 0. The van der Waals surface area contributed by atoms with E-state index < -0.39 is 0 Å². The van der Waals surface area contributed by atoms with E-state index in [4.69, 9.17) is 9.26 Å². The number of methoxy groups -OCH3 is 1. The Morgan fingerprint density at radius 1 is 1.14 bits per heavy atom. The highest BCUT2D eigenvalue weighted by atomic mass is 16.5. The van der Waals surface area contributed by atoms with E-state index in [2.05, 4.69) is 10.1 Å². The molecule has 1 aliphatic rings. The van der Waals surface area contributed by atoms with E-state index in [9.17, 15) is 4.79 Å². The van der Waals surface area contributed by atoms with Gasteiger partial charge < -0.3 is 14.2 Å². The largest absolute Gasteiger partial charge is 0.497 e. The molecule has 1 amide bonds. The van der Waals surface area contributed by atoms with Crippen molar-refractivity contribution in [1.29, 1.82) is 0 Å². The van der Waals surface area contributed by atoms with Crippen LogP contribution in [-0.2, 0) is 4.79 Å². The fraction of sp³-hybridized carbons (Fsp3) is 0.261. The third-order valence-electron chi connectivity index (χ3n) is 5.15. The fourth-order valence-electron chi connectivity index (χ4n) is 3.47. The van der Waals surface area contributed by atoms with Crippen molar-refractivity contribution in [2.24, 2.45) is 0 Å². The summed E-state index contributed by atoms with van der Waals surface area (Å²) in [7, 11) is 1.63. The normalized spacial score (nSPS) is 15.0. The van der Waals surface area contributed by atoms with Crippen molar-refractivity contribution in [3.8, 4) is 17.2 Å². The molecule has 0 atom stereocenters. The molecule has 4 rings (SSSR count). The van der Waals surface area contributed by atoms with Crippen molar-refractivity contribution in [1.82, 2.24) is 15.0 Å². The van der Waals surface area contributed by atoms with E-state index >= 15 is 0 Å². The monoisotopic (exact) mass is 389 g/mol. The van der Waals surface area contributed by atoms with Crippen molar-refractivity contribution < 1.29 is 14.1 Å². The van der Waals surface area contributed by atoms with E-state index in [1.54, 1.807) is 13.2 Å². The number of carbonyl (C=O) groups is 1. The molecule has 0 N–H and O–H groups in total. The predicted octanol–water partition coefficient (Wildman–Crippen LogP) is 4.16. The van der Waals surface area contributed by atoms with Gasteiger partial charge in [0.05, 0.1) is 7.11 Å². The Kier molecular flexibility index (Phi) is 5.70. The number of ether oxygens (including phenoxy) is 1. The lowest BCUT2D eigenvalue weighted by atomic mass is 9.96. The predicted molar refractivity (Wildman–Crippen MR) is 110 cm³/mol. The summed E-state index contributed by atoms with van der Waals surface area (Å²) in [5, 5.41) is 4.17. The van der Waals surface area contributed by atoms with Crippen molar-refractivity contribution in [2.45, 2.75) is 18.8 Å². The van der Waals surface area contributed by atoms with Crippen molar-refractivity contribution >= 4 is 12.0 Å². The van der Waals surface area contributed by atoms with Gasteiger partial charge in [-0.05, 0) is 42.7 Å². The summed E-state index contributed by atoms with van der Waals surface area (Å²) in [6.07, 6.45) is 5.14. The Hall–Kier alpha value is -3.41. The van der Waals surface area contributed by atoms with E-state index in [1.807, 2.05) is 65.6 Å². The quantitative estimate of drug-likeness (QED) is 0.613. The molecule has 6 nitrogen and oxygen atoms in total. The first-order valence-electron chi connectivity index (χ1n) is 9.73. The molecule has 1 aliphatic heterocycles. The SMILES string of the molecule is COc1cccc(-c2nc(C3CCN(C(=O)/C=C/c4ccccc4)CC3)no2)c1. The number of likely N-dealkylation sites (tertiary alicyclic amines) is 1. The summed E-state index contributed by atoms with van der Waals surface area (Å²) in [6.45, 7) is 1.37. The van der Waals surface area contributed by atoms with E-state index in [0.717, 1.165) is 29.7 Å². The molecule has 0 unspecified atom stereocenters. The molecule has 0 radical (unpaired) electrons. The van der Waals surface area contributed by atoms with E-state index in [1.165, 1.54) is 0 Å². The van der Waals surface area contributed by atoms with E-state index in [0.29, 0.717) is 24.8 Å². The number of piperidine rings is 1. The molecular weight excluding hydrogens is 366 g/mol. The summed E-state index contributed by atoms with van der Waals surface area (Å²) in [6, 6.07) is 17.4. The van der Waals surface area contributed by atoms with E-state index in [-0.39, 0.29) is 11.8 Å². The first-order chi connectivity index (χ1) is 14.2. The van der Waals surface area contributed by atoms with Crippen LogP contribution in [0.4, 0.5) is 0 Å². The molecule has 148 valence electrons. The van der Waals surface area contributed by atoms with Gasteiger partial charge in [0.25, 0.3) is 5.89 Å². The highest BCUT2D eigenvalue weighted by Gasteiger charge is 2.26. The average molecular weight is 389 g/mol. The molecule has 29 heavy (non-hydrogen) atoms. The molecule has 1 fully saturated rings. The maximum absolute atomic E-state index is 12.4. The number of nitrogens with zero attached hydrogens (tertiary/aromatic N) is 3. The second kappa shape index (κ2) is 8.73. The van der Waals surface area contributed by atoms with Gasteiger partial charge in [-0.25, -0.2) is 0 Å². The lowest BCUT2D eigenvalue weighted by Crippen LogP contribution is -2.37. The topological polar surface area (TPSA) is 68.5 Å². The lowest BCUT2D eigenvalue weighted by Gasteiger charge is -2.29. The molecule has 1 saturated heterocycles. The third-order valence-corrected chi connectivity index (χ3v) is 5.15. The standard InChI is InChI=1S/C23H23N3O3/c1-28-20-9-5-8-19(16-20)23-24-22(25-29-23)18-12-14-26(15-13-18)21(27)11-10-17-6-3-2-4-7-17/h2-11,16,18H,12-15H2,1H3/b11-10+. The van der Waals surface area contributed by atoms with Crippen molar-refractivity contribution in [2.75, 3.05) is 20.2 Å². The maximum Gasteiger partial charge on any atom is 0.258 e. The molecule has 0 bridgehead atoms. The Labute approximate surface area is 169 Å². The fourth-order valence-corrected chi connectivity index (χ4v) is 3.47. The molecule has 0 saturated carbocycles. The summed E-state index contributed by atoms with van der Waals surface area (Å²) in [5.74, 6) is 2.17. The number of rotatable bonds is 5. The van der Waals surface area contributed by atoms with Crippen LogP contribution >= 0.6 is 0 Å². The Morgan fingerprint density at radius 3 is 2.69 bits per heavy atom. The summed E-state index contributed by atoms with van der Waals surface area (Å²) in [4.78, 5) is 18.9. The average Bonchev–Trinajstić information content (AvgIpc) is 3.29. The van der Waals surface area contributed by atoms with Crippen LogP contribution in [0.1, 0.15) is 30.1 Å².